The summed E-state index contributed by atoms with van der Waals surface area (Å²) in [6.07, 6.45) is 4.99. The summed E-state index contributed by atoms with van der Waals surface area (Å²) in [6.45, 7) is 1.89. The molecular formula is C15H16ClO3. The van der Waals surface area contributed by atoms with Crippen LogP contribution in [0.15, 0.2) is 28.7 Å². The van der Waals surface area contributed by atoms with Gasteiger partial charge in [0.15, 0.2) is 0 Å². The van der Waals surface area contributed by atoms with Crippen molar-refractivity contribution in [1.29, 1.82) is 0 Å². The molecule has 0 aliphatic rings. The van der Waals surface area contributed by atoms with E-state index >= 15 is 0 Å². The summed E-state index contributed by atoms with van der Waals surface area (Å²) in [5.74, 6) is 0.973. The van der Waals surface area contributed by atoms with E-state index in [1.165, 1.54) is 6.47 Å². The van der Waals surface area contributed by atoms with Gasteiger partial charge in [0, 0.05) is 11.8 Å². The van der Waals surface area contributed by atoms with Gasteiger partial charge in [0.05, 0.1) is 11.6 Å². The number of carbonyl (C=O) groups excluding carboxylic acids is 1. The van der Waals surface area contributed by atoms with E-state index in [0.717, 1.165) is 53.9 Å². The highest BCUT2D eigenvalue weighted by Crippen LogP contribution is 2.27. The van der Waals surface area contributed by atoms with Crippen LogP contribution < -0.4 is 0 Å². The second kappa shape index (κ2) is 7.19. The Labute approximate surface area is 117 Å². The largest absolute Gasteiger partial charge is 0.461 e. The number of halogens is 1. The third-order valence-electron chi connectivity index (χ3n) is 3.04. The maximum Gasteiger partial charge on any atom is 0.417 e. The first-order valence-electron chi connectivity index (χ1n) is 6.47. The number of fused-ring (bicyclic) bond motifs is 1. The topological polar surface area (TPSA) is 39.4 Å². The first kappa shape index (κ1) is 13.9. The van der Waals surface area contributed by atoms with Gasteiger partial charge in [0.1, 0.15) is 11.3 Å². The molecule has 0 aliphatic heterocycles. The molecule has 1 radical (unpaired) electrons. The molecule has 0 saturated carbocycles. The first-order chi connectivity index (χ1) is 9.31. The van der Waals surface area contributed by atoms with Gasteiger partial charge < -0.3 is 9.15 Å². The number of aryl methyl sites for hydroxylation is 1. The highest BCUT2D eigenvalue weighted by Gasteiger charge is 2.06. The van der Waals surface area contributed by atoms with Crippen molar-refractivity contribution in [3.8, 4) is 0 Å². The van der Waals surface area contributed by atoms with E-state index in [1.54, 1.807) is 0 Å². The quantitative estimate of drug-likeness (QED) is 0.677. The Balaban J connectivity index is 1.76. The van der Waals surface area contributed by atoms with Gasteiger partial charge >= 0.3 is 6.47 Å². The molecule has 0 spiro atoms. The second-order valence-corrected chi connectivity index (χ2v) is 4.87. The number of furan rings is 1. The van der Waals surface area contributed by atoms with Gasteiger partial charge in [0.2, 0.25) is 0 Å². The summed E-state index contributed by atoms with van der Waals surface area (Å²) in [5, 5.41) is 1.71. The number of rotatable bonds is 8. The van der Waals surface area contributed by atoms with Crippen molar-refractivity contribution in [1.82, 2.24) is 0 Å². The van der Waals surface area contributed by atoms with Crippen LogP contribution in [0.25, 0.3) is 11.0 Å². The molecule has 0 amide bonds. The van der Waals surface area contributed by atoms with Gasteiger partial charge in [-0.3, -0.25) is 0 Å². The highest BCUT2D eigenvalue weighted by atomic mass is 35.5. The van der Waals surface area contributed by atoms with E-state index in [2.05, 4.69) is 4.74 Å². The predicted octanol–water partition coefficient (Wildman–Crippen LogP) is 4.27. The smallest absolute Gasteiger partial charge is 0.417 e. The molecule has 0 N–H and O–H groups in total. The van der Waals surface area contributed by atoms with Crippen molar-refractivity contribution in [2.24, 2.45) is 0 Å². The van der Waals surface area contributed by atoms with E-state index in [0.29, 0.717) is 6.61 Å². The minimum atomic E-state index is 0.462. The molecular weight excluding hydrogens is 264 g/mol. The van der Waals surface area contributed by atoms with Gasteiger partial charge in [-0.15, -0.1) is 0 Å². The number of benzene rings is 1. The molecule has 2 aromatic rings. The molecule has 0 bridgehead atoms. The van der Waals surface area contributed by atoms with Gasteiger partial charge in [-0.25, -0.2) is 4.79 Å². The Morgan fingerprint density at radius 3 is 2.84 bits per heavy atom. The fraction of sp³-hybridized carbons (Fsp3) is 0.400. The Morgan fingerprint density at radius 2 is 2.05 bits per heavy atom. The molecule has 0 saturated heterocycles. The van der Waals surface area contributed by atoms with Crippen LogP contribution in [-0.4, -0.2) is 13.1 Å². The molecule has 1 aromatic heterocycles. The maximum absolute atomic E-state index is 9.82. The summed E-state index contributed by atoms with van der Waals surface area (Å²) < 4.78 is 10.2. The summed E-state index contributed by atoms with van der Waals surface area (Å²) in [5.41, 5.74) is 0.845. The van der Waals surface area contributed by atoms with Crippen LogP contribution in [0, 0.1) is 0 Å². The highest BCUT2D eigenvalue weighted by molar-refractivity contribution is 6.35. The lowest BCUT2D eigenvalue weighted by atomic mass is 10.1. The number of unbranched alkanes of at least 4 members (excludes halogenated alkanes) is 3. The average Bonchev–Trinajstić information content (AvgIpc) is 2.82. The van der Waals surface area contributed by atoms with Crippen molar-refractivity contribution in [3.63, 3.8) is 0 Å². The Morgan fingerprint density at radius 1 is 1.21 bits per heavy atom. The molecule has 3 nitrogen and oxygen atoms in total. The van der Waals surface area contributed by atoms with Gasteiger partial charge in [-0.1, -0.05) is 30.5 Å². The van der Waals surface area contributed by atoms with E-state index < -0.39 is 0 Å². The number of ether oxygens (including phenoxy) is 1. The Hall–Kier alpha value is -1.48. The van der Waals surface area contributed by atoms with Crippen LogP contribution in [0.2, 0.25) is 5.02 Å². The molecule has 2 rings (SSSR count). The van der Waals surface area contributed by atoms with Gasteiger partial charge in [-0.2, -0.15) is 0 Å². The number of hydrogen-bond acceptors (Lipinski definition) is 3. The third kappa shape index (κ3) is 4.00. The Kier molecular flexibility index (Phi) is 5.28. The molecule has 0 atom stereocenters. The van der Waals surface area contributed by atoms with E-state index in [1.807, 2.05) is 24.3 Å². The van der Waals surface area contributed by atoms with Crippen LogP contribution in [0.4, 0.5) is 0 Å². The van der Waals surface area contributed by atoms with Crippen LogP contribution in [0.5, 0.6) is 0 Å². The fourth-order valence-electron chi connectivity index (χ4n) is 2.07. The SMILES string of the molecule is O=[C]OCCCCCCc1cc2c(Cl)cccc2o1. The zero-order valence-electron chi connectivity index (χ0n) is 10.7. The molecule has 1 heterocycles. The maximum atomic E-state index is 9.82. The van der Waals surface area contributed by atoms with E-state index in [-0.39, 0.29) is 0 Å². The monoisotopic (exact) mass is 279 g/mol. The lowest BCUT2D eigenvalue weighted by Gasteiger charge is -1.99. The van der Waals surface area contributed by atoms with Crippen molar-refractivity contribution >= 4 is 29.0 Å². The third-order valence-corrected chi connectivity index (χ3v) is 3.37. The van der Waals surface area contributed by atoms with E-state index in [4.69, 9.17) is 16.0 Å². The second-order valence-electron chi connectivity index (χ2n) is 4.46. The molecule has 4 heteroatoms. The van der Waals surface area contributed by atoms with Crippen molar-refractivity contribution in [3.05, 3.63) is 35.0 Å². The zero-order valence-corrected chi connectivity index (χ0v) is 11.4. The lowest BCUT2D eigenvalue weighted by Crippen LogP contribution is -1.91. The average molecular weight is 280 g/mol. The van der Waals surface area contributed by atoms with Crippen molar-refractivity contribution < 1.29 is 13.9 Å². The molecule has 1 aromatic carbocycles. The van der Waals surface area contributed by atoms with Crippen LogP contribution >= 0.6 is 11.6 Å². The minimum absolute atomic E-state index is 0.462. The summed E-state index contributed by atoms with van der Waals surface area (Å²) >= 11 is 6.10. The van der Waals surface area contributed by atoms with Crippen molar-refractivity contribution in [2.75, 3.05) is 6.61 Å². The number of hydrogen-bond donors (Lipinski definition) is 0. The summed E-state index contributed by atoms with van der Waals surface area (Å²) in [4.78, 5) is 9.82. The molecule has 101 valence electrons. The summed E-state index contributed by atoms with van der Waals surface area (Å²) in [7, 11) is 0. The van der Waals surface area contributed by atoms with Crippen LogP contribution in [-0.2, 0) is 16.0 Å². The minimum Gasteiger partial charge on any atom is -0.461 e. The predicted molar refractivity (Wildman–Crippen MR) is 75.0 cm³/mol. The molecule has 0 fully saturated rings. The molecule has 19 heavy (non-hydrogen) atoms. The van der Waals surface area contributed by atoms with Crippen molar-refractivity contribution in [2.45, 2.75) is 32.1 Å². The molecule has 0 aliphatic carbocycles. The van der Waals surface area contributed by atoms with Gasteiger partial charge in [-0.05, 0) is 31.0 Å². The normalized spacial score (nSPS) is 10.8. The Bertz CT molecular complexity index is 533. The fourth-order valence-corrected chi connectivity index (χ4v) is 2.29. The van der Waals surface area contributed by atoms with E-state index in [9.17, 15) is 4.79 Å². The van der Waals surface area contributed by atoms with Gasteiger partial charge in [0.25, 0.3) is 0 Å². The molecule has 0 unspecified atom stereocenters. The summed E-state index contributed by atoms with van der Waals surface area (Å²) in [6, 6.07) is 7.70. The zero-order chi connectivity index (χ0) is 13.5. The first-order valence-corrected chi connectivity index (χ1v) is 6.85. The van der Waals surface area contributed by atoms with Crippen LogP contribution in [0.3, 0.4) is 0 Å². The lowest BCUT2D eigenvalue weighted by molar-refractivity contribution is 0.268. The van der Waals surface area contributed by atoms with Crippen LogP contribution in [0.1, 0.15) is 31.4 Å². The standard InChI is InChI=1S/C15H16ClO3/c16-14-7-5-8-15-13(14)10-12(19-15)6-3-1-2-4-9-18-11-17/h5,7-8,10H,1-4,6,9H2.